The molecule has 0 fully saturated rings. The standard InChI is InChI=1S/C19H21N3OS/c1-11(2)18-17-14(13-6-4-5-7-15(13)21-17)8-9-22(18)19(23)16-10-24-12(3)20-16/h4-7,10-11,18,21H,8-9H2,1-3H3/t18-/m1/s1. The molecule has 0 spiro atoms. The summed E-state index contributed by atoms with van der Waals surface area (Å²) in [7, 11) is 0. The number of carbonyl (C=O) groups is 1. The minimum absolute atomic E-state index is 0.0438. The maximum absolute atomic E-state index is 13.0. The number of carbonyl (C=O) groups excluding carboxylic acids is 1. The summed E-state index contributed by atoms with van der Waals surface area (Å²) in [4.78, 5) is 23.0. The summed E-state index contributed by atoms with van der Waals surface area (Å²) in [5, 5.41) is 4.09. The average molecular weight is 339 g/mol. The fourth-order valence-corrected chi connectivity index (χ4v) is 4.39. The van der Waals surface area contributed by atoms with Crippen molar-refractivity contribution in [3.63, 3.8) is 0 Å². The molecule has 4 rings (SSSR count). The number of aryl methyl sites for hydroxylation is 1. The van der Waals surface area contributed by atoms with Gasteiger partial charge in [0.15, 0.2) is 0 Å². The molecule has 0 saturated heterocycles. The van der Waals surface area contributed by atoms with E-state index in [9.17, 15) is 4.79 Å². The first-order valence-electron chi connectivity index (χ1n) is 8.39. The third kappa shape index (κ3) is 2.35. The van der Waals surface area contributed by atoms with Crippen LogP contribution in [0.1, 0.15) is 46.6 Å². The molecule has 3 aromatic rings. The van der Waals surface area contributed by atoms with Crippen LogP contribution in [0.25, 0.3) is 10.9 Å². The zero-order chi connectivity index (χ0) is 16.8. The molecular formula is C19H21N3OS. The van der Waals surface area contributed by atoms with Gasteiger partial charge in [0.1, 0.15) is 5.69 Å². The van der Waals surface area contributed by atoms with Crippen molar-refractivity contribution in [1.82, 2.24) is 14.9 Å². The first-order chi connectivity index (χ1) is 11.6. The topological polar surface area (TPSA) is 49.0 Å². The van der Waals surface area contributed by atoms with E-state index in [0.29, 0.717) is 11.6 Å². The Morgan fingerprint density at radius 2 is 2.17 bits per heavy atom. The van der Waals surface area contributed by atoms with Crippen LogP contribution in [-0.4, -0.2) is 27.3 Å². The van der Waals surface area contributed by atoms with Crippen molar-refractivity contribution < 1.29 is 4.79 Å². The molecule has 0 aliphatic carbocycles. The maximum Gasteiger partial charge on any atom is 0.273 e. The number of hydrogen-bond acceptors (Lipinski definition) is 3. The molecular weight excluding hydrogens is 318 g/mol. The van der Waals surface area contributed by atoms with Gasteiger partial charge in [-0.25, -0.2) is 4.98 Å². The van der Waals surface area contributed by atoms with Gasteiger partial charge in [-0.2, -0.15) is 0 Å². The summed E-state index contributed by atoms with van der Waals surface area (Å²) >= 11 is 1.53. The quantitative estimate of drug-likeness (QED) is 0.755. The van der Waals surface area contributed by atoms with Gasteiger partial charge >= 0.3 is 0 Å². The molecule has 0 unspecified atom stereocenters. The molecule has 5 heteroatoms. The van der Waals surface area contributed by atoms with Crippen LogP contribution in [0.3, 0.4) is 0 Å². The lowest BCUT2D eigenvalue weighted by Gasteiger charge is -2.38. The fourth-order valence-electron chi connectivity index (χ4n) is 3.80. The lowest BCUT2D eigenvalue weighted by molar-refractivity contribution is 0.0593. The van der Waals surface area contributed by atoms with Gasteiger partial charge in [-0.15, -0.1) is 11.3 Å². The highest BCUT2D eigenvalue weighted by molar-refractivity contribution is 7.09. The Balaban J connectivity index is 1.79. The summed E-state index contributed by atoms with van der Waals surface area (Å²) < 4.78 is 0. The molecule has 1 aromatic carbocycles. The fraction of sp³-hybridized carbons (Fsp3) is 0.368. The number of benzene rings is 1. The van der Waals surface area contributed by atoms with Gasteiger partial charge in [-0.3, -0.25) is 4.79 Å². The third-order valence-corrected chi connectivity index (χ3v) is 5.58. The first-order valence-corrected chi connectivity index (χ1v) is 9.27. The molecule has 1 N–H and O–H groups in total. The number of hydrogen-bond donors (Lipinski definition) is 1. The van der Waals surface area contributed by atoms with E-state index in [1.165, 1.54) is 28.0 Å². The molecule has 1 amide bonds. The summed E-state index contributed by atoms with van der Waals surface area (Å²) in [5.74, 6) is 0.378. The molecule has 1 aliphatic heterocycles. The molecule has 0 bridgehead atoms. The first kappa shape index (κ1) is 15.4. The van der Waals surface area contributed by atoms with Gasteiger partial charge in [-0.1, -0.05) is 32.0 Å². The average Bonchev–Trinajstić information content (AvgIpc) is 3.16. The Morgan fingerprint density at radius 3 is 2.88 bits per heavy atom. The summed E-state index contributed by atoms with van der Waals surface area (Å²) in [6.07, 6.45) is 0.886. The van der Waals surface area contributed by atoms with E-state index in [1.54, 1.807) is 0 Å². The molecule has 2 aromatic heterocycles. The smallest absolute Gasteiger partial charge is 0.273 e. The van der Waals surface area contributed by atoms with E-state index in [2.05, 4.69) is 48.1 Å². The molecule has 1 atom stereocenters. The highest BCUT2D eigenvalue weighted by Crippen LogP contribution is 2.39. The van der Waals surface area contributed by atoms with Gasteiger partial charge < -0.3 is 9.88 Å². The van der Waals surface area contributed by atoms with Crippen LogP contribution in [0, 0.1) is 12.8 Å². The van der Waals surface area contributed by atoms with Crippen molar-refractivity contribution >= 4 is 28.1 Å². The normalized spacial score (nSPS) is 17.5. The van der Waals surface area contributed by atoms with Crippen LogP contribution < -0.4 is 0 Å². The van der Waals surface area contributed by atoms with E-state index in [-0.39, 0.29) is 11.9 Å². The monoisotopic (exact) mass is 339 g/mol. The number of thiazole rings is 1. The van der Waals surface area contributed by atoms with E-state index < -0.39 is 0 Å². The zero-order valence-electron chi connectivity index (χ0n) is 14.2. The van der Waals surface area contributed by atoms with Gasteiger partial charge in [0.05, 0.1) is 11.0 Å². The largest absolute Gasteiger partial charge is 0.356 e. The predicted molar refractivity (Wildman–Crippen MR) is 97.5 cm³/mol. The number of aromatic nitrogens is 2. The Kier molecular flexibility index (Phi) is 3.68. The second-order valence-electron chi connectivity index (χ2n) is 6.75. The van der Waals surface area contributed by atoms with Crippen LogP contribution in [0.4, 0.5) is 0 Å². The predicted octanol–water partition coefficient (Wildman–Crippen LogP) is 4.33. The summed E-state index contributed by atoms with van der Waals surface area (Å²) in [6, 6.07) is 8.48. The minimum Gasteiger partial charge on any atom is -0.356 e. The molecule has 0 radical (unpaired) electrons. The van der Waals surface area contributed by atoms with Crippen molar-refractivity contribution in [3.8, 4) is 0 Å². The number of para-hydroxylation sites is 1. The van der Waals surface area contributed by atoms with Gasteiger partial charge in [0, 0.05) is 28.5 Å². The molecule has 3 heterocycles. The summed E-state index contributed by atoms with van der Waals surface area (Å²) in [5.41, 5.74) is 4.29. The van der Waals surface area contributed by atoms with Gasteiger partial charge in [0.25, 0.3) is 5.91 Å². The highest BCUT2D eigenvalue weighted by Gasteiger charge is 2.36. The second-order valence-corrected chi connectivity index (χ2v) is 7.81. The zero-order valence-corrected chi connectivity index (χ0v) is 15.0. The SMILES string of the molecule is Cc1nc(C(=O)N2CCc3c([nH]c4ccccc34)[C@H]2C(C)C)cs1. The van der Waals surface area contributed by atoms with Crippen LogP contribution in [-0.2, 0) is 6.42 Å². The number of rotatable bonds is 2. The Morgan fingerprint density at radius 1 is 1.38 bits per heavy atom. The van der Waals surface area contributed by atoms with Crippen LogP contribution >= 0.6 is 11.3 Å². The van der Waals surface area contributed by atoms with Crippen molar-refractivity contribution in [2.24, 2.45) is 5.92 Å². The van der Waals surface area contributed by atoms with Crippen LogP contribution in [0.15, 0.2) is 29.6 Å². The van der Waals surface area contributed by atoms with Crippen molar-refractivity contribution in [2.45, 2.75) is 33.2 Å². The molecule has 24 heavy (non-hydrogen) atoms. The van der Waals surface area contributed by atoms with E-state index in [4.69, 9.17) is 0 Å². The number of nitrogens with zero attached hydrogens (tertiary/aromatic N) is 2. The van der Waals surface area contributed by atoms with E-state index in [1.807, 2.05) is 17.2 Å². The summed E-state index contributed by atoms with van der Waals surface area (Å²) in [6.45, 7) is 7.04. The van der Waals surface area contributed by atoms with Crippen LogP contribution in [0.2, 0.25) is 0 Å². The van der Waals surface area contributed by atoms with E-state index in [0.717, 1.165) is 23.5 Å². The molecule has 1 aliphatic rings. The lowest BCUT2D eigenvalue weighted by atomic mass is 9.90. The van der Waals surface area contributed by atoms with Gasteiger partial charge in [-0.05, 0) is 30.9 Å². The Hall–Kier alpha value is -2.14. The number of amides is 1. The molecule has 124 valence electrons. The number of fused-ring (bicyclic) bond motifs is 3. The minimum atomic E-state index is 0.0438. The van der Waals surface area contributed by atoms with Gasteiger partial charge in [0.2, 0.25) is 0 Å². The van der Waals surface area contributed by atoms with Crippen molar-refractivity contribution in [3.05, 3.63) is 51.6 Å². The van der Waals surface area contributed by atoms with Crippen LogP contribution in [0.5, 0.6) is 0 Å². The molecule has 4 nitrogen and oxygen atoms in total. The second kappa shape index (κ2) is 5.74. The number of nitrogens with one attached hydrogen (secondary N) is 1. The number of H-pyrrole nitrogens is 1. The Bertz CT molecular complexity index is 908. The number of aromatic amines is 1. The van der Waals surface area contributed by atoms with Crippen molar-refractivity contribution in [2.75, 3.05) is 6.54 Å². The van der Waals surface area contributed by atoms with E-state index >= 15 is 0 Å². The third-order valence-electron chi connectivity index (χ3n) is 4.81. The molecule has 0 saturated carbocycles. The van der Waals surface area contributed by atoms with Crippen molar-refractivity contribution in [1.29, 1.82) is 0 Å². The lowest BCUT2D eigenvalue weighted by Crippen LogP contribution is -2.42. The maximum atomic E-state index is 13.0. The Labute approximate surface area is 145 Å². The highest BCUT2D eigenvalue weighted by atomic mass is 32.1.